The van der Waals surface area contributed by atoms with Crippen LogP contribution in [0.5, 0.6) is 0 Å². The summed E-state index contributed by atoms with van der Waals surface area (Å²) in [6.45, 7) is 7.46. The van der Waals surface area contributed by atoms with Crippen LogP contribution in [0.2, 0.25) is 0 Å². The third-order valence-electron chi connectivity index (χ3n) is 7.75. The van der Waals surface area contributed by atoms with E-state index in [0.29, 0.717) is 38.8 Å². The Balaban J connectivity index is 1.38. The summed E-state index contributed by atoms with van der Waals surface area (Å²) in [5.74, 6) is 0.0112. The Morgan fingerprint density at radius 2 is 2.15 bits per heavy atom. The molecule has 3 aliphatic rings. The molecular weight excluding hydrogens is 441 g/mol. The lowest BCUT2D eigenvalue weighted by Gasteiger charge is -2.43. The Morgan fingerprint density at radius 3 is 2.82 bits per heavy atom. The van der Waals surface area contributed by atoms with E-state index >= 15 is 0 Å². The van der Waals surface area contributed by atoms with E-state index in [1.807, 2.05) is 17.5 Å². The quantitative estimate of drug-likeness (QED) is 0.416. The zero-order valence-electron chi connectivity index (χ0n) is 20.3. The fourth-order valence-corrected chi connectivity index (χ4v) is 6.19. The second-order valence-corrected chi connectivity index (χ2v) is 11.6. The van der Waals surface area contributed by atoms with E-state index in [-0.39, 0.29) is 11.5 Å². The Hall–Kier alpha value is -0.900. The molecule has 186 valence electrons. The van der Waals surface area contributed by atoms with E-state index in [1.54, 1.807) is 25.2 Å². The number of aliphatic hydroxyl groups excluding tert-OH is 1. The molecule has 0 saturated carbocycles. The molecule has 3 atom stereocenters. The zero-order valence-corrected chi connectivity index (χ0v) is 21.1. The summed E-state index contributed by atoms with van der Waals surface area (Å²) in [4.78, 5) is 8.82. The van der Waals surface area contributed by atoms with Gasteiger partial charge < -0.3 is 19.8 Å². The van der Waals surface area contributed by atoms with Crippen LogP contribution in [0.3, 0.4) is 0 Å². The maximum absolute atomic E-state index is 14.1. The monoisotopic (exact) mass is 481 g/mol. The molecule has 1 spiro atoms. The van der Waals surface area contributed by atoms with Gasteiger partial charge in [-0.2, -0.15) is 0 Å². The molecule has 0 amide bonds. The zero-order chi connectivity index (χ0) is 23.6. The molecule has 0 aromatic carbocycles. The number of likely N-dealkylation sites (tertiary alicyclic amines) is 1. The molecule has 1 aromatic rings. The SMILES string of the molecule is CN(CCC(C)(C)O)C(O)C(Cc1cscn1)CN1CCC2(CC1)OCC1=C2CC(F)CC1. The highest BCUT2D eigenvalue weighted by Gasteiger charge is 2.46. The van der Waals surface area contributed by atoms with Gasteiger partial charge in [-0.05, 0) is 70.6 Å². The Kier molecular flexibility index (Phi) is 7.93. The first-order valence-electron chi connectivity index (χ1n) is 12.3. The van der Waals surface area contributed by atoms with Crippen molar-refractivity contribution in [1.82, 2.24) is 14.8 Å². The third kappa shape index (κ3) is 6.21. The number of aromatic nitrogens is 1. The molecule has 1 saturated heterocycles. The number of nitrogens with zero attached hydrogens (tertiary/aromatic N) is 3. The lowest BCUT2D eigenvalue weighted by atomic mass is 9.77. The van der Waals surface area contributed by atoms with Gasteiger partial charge in [0.1, 0.15) is 12.4 Å². The third-order valence-corrected chi connectivity index (χ3v) is 8.38. The molecular formula is C25H40FN3O3S. The van der Waals surface area contributed by atoms with Crippen molar-refractivity contribution in [2.75, 3.05) is 39.8 Å². The van der Waals surface area contributed by atoms with Gasteiger partial charge in [0.25, 0.3) is 0 Å². The molecule has 2 aliphatic heterocycles. The van der Waals surface area contributed by atoms with Crippen LogP contribution in [0.25, 0.3) is 0 Å². The van der Waals surface area contributed by atoms with Crippen LogP contribution >= 0.6 is 11.3 Å². The minimum Gasteiger partial charge on any atom is -0.390 e. The van der Waals surface area contributed by atoms with Gasteiger partial charge in [-0.3, -0.25) is 4.90 Å². The Bertz CT molecular complexity index is 802. The van der Waals surface area contributed by atoms with Gasteiger partial charge in [-0.1, -0.05) is 0 Å². The molecule has 4 rings (SSSR count). The van der Waals surface area contributed by atoms with Crippen molar-refractivity contribution in [2.45, 2.75) is 82.4 Å². The predicted octanol–water partition coefficient (Wildman–Crippen LogP) is 3.40. The summed E-state index contributed by atoms with van der Waals surface area (Å²) < 4.78 is 20.4. The highest BCUT2D eigenvalue weighted by molar-refractivity contribution is 7.07. The van der Waals surface area contributed by atoms with Gasteiger partial charge in [0.15, 0.2) is 0 Å². The van der Waals surface area contributed by atoms with Crippen LogP contribution < -0.4 is 0 Å². The lowest BCUT2D eigenvalue weighted by Crippen LogP contribution is -2.50. The van der Waals surface area contributed by atoms with Gasteiger partial charge in [-0.25, -0.2) is 9.37 Å². The van der Waals surface area contributed by atoms with Crippen molar-refractivity contribution < 1.29 is 19.3 Å². The summed E-state index contributed by atoms with van der Waals surface area (Å²) in [5, 5.41) is 23.4. The van der Waals surface area contributed by atoms with Crippen LogP contribution in [0, 0.1) is 5.92 Å². The Labute approximate surface area is 201 Å². The molecule has 1 aromatic heterocycles. The first kappa shape index (κ1) is 25.2. The van der Waals surface area contributed by atoms with Gasteiger partial charge >= 0.3 is 0 Å². The molecule has 3 unspecified atom stereocenters. The topological polar surface area (TPSA) is 69.1 Å². The maximum atomic E-state index is 14.1. The molecule has 1 aliphatic carbocycles. The number of fused-ring (bicyclic) bond motifs is 1. The van der Waals surface area contributed by atoms with Crippen LogP contribution in [0.1, 0.15) is 58.1 Å². The summed E-state index contributed by atoms with van der Waals surface area (Å²) in [7, 11) is 1.92. The number of hydrogen-bond donors (Lipinski definition) is 2. The number of aliphatic hydroxyl groups is 2. The number of ether oxygens (including phenoxy) is 1. The van der Waals surface area contributed by atoms with Crippen molar-refractivity contribution in [3.63, 3.8) is 0 Å². The van der Waals surface area contributed by atoms with E-state index in [0.717, 1.165) is 44.6 Å². The van der Waals surface area contributed by atoms with E-state index in [2.05, 4.69) is 15.3 Å². The average Bonchev–Trinajstić information content (AvgIpc) is 3.41. The van der Waals surface area contributed by atoms with Crippen molar-refractivity contribution in [3.05, 3.63) is 27.7 Å². The van der Waals surface area contributed by atoms with Crippen LogP contribution in [0.4, 0.5) is 4.39 Å². The number of rotatable bonds is 9. The second kappa shape index (κ2) is 10.4. The number of alkyl halides is 1. The summed E-state index contributed by atoms with van der Waals surface area (Å²) in [6, 6.07) is 0. The van der Waals surface area contributed by atoms with Gasteiger partial charge in [0.05, 0.1) is 29.0 Å². The molecule has 0 bridgehead atoms. The van der Waals surface area contributed by atoms with Crippen LogP contribution in [-0.2, 0) is 11.2 Å². The van der Waals surface area contributed by atoms with E-state index in [4.69, 9.17) is 4.74 Å². The van der Waals surface area contributed by atoms with Crippen molar-refractivity contribution in [1.29, 1.82) is 0 Å². The molecule has 6 nitrogen and oxygen atoms in total. The fraction of sp³-hybridized carbons (Fsp3) is 0.800. The summed E-state index contributed by atoms with van der Waals surface area (Å²) in [6.07, 6.45) is 3.80. The molecule has 2 N–H and O–H groups in total. The number of thiazole rings is 1. The van der Waals surface area contributed by atoms with E-state index in [9.17, 15) is 14.6 Å². The van der Waals surface area contributed by atoms with Gasteiger partial charge in [-0.15, -0.1) is 11.3 Å². The smallest absolute Gasteiger partial charge is 0.111 e. The normalized spacial score (nSPS) is 25.6. The highest BCUT2D eigenvalue weighted by Crippen LogP contribution is 2.46. The molecule has 1 fully saturated rings. The summed E-state index contributed by atoms with van der Waals surface area (Å²) >= 11 is 1.58. The molecule has 8 heteroatoms. The van der Waals surface area contributed by atoms with Crippen molar-refractivity contribution in [2.24, 2.45) is 5.92 Å². The van der Waals surface area contributed by atoms with Gasteiger partial charge in [0, 0.05) is 43.9 Å². The molecule has 3 heterocycles. The van der Waals surface area contributed by atoms with Gasteiger partial charge in [0.2, 0.25) is 0 Å². The van der Waals surface area contributed by atoms with E-state index in [1.165, 1.54) is 11.1 Å². The van der Waals surface area contributed by atoms with Crippen molar-refractivity contribution in [3.8, 4) is 0 Å². The largest absolute Gasteiger partial charge is 0.390 e. The molecule has 33 heavy (non-hydrogen) atoms. The number of piperidine rings is 1. The highest BCUT2D eigenvalue weighted by atomic mass is 32.1. The average molecular weight is 482 g/mol. The minimum absolute atomic E-state index is 0.0112. The minimum atomic E-state index is -0.758. The standard InChI is InChI=1S/C25H40FN3O3S/c1-24(2,31)6-9-28(3)23(30)19(12-21-16-33-17-27-21)14-29-10-7-25(8-11-29)22-13-20(26)5-4-18(22)15-32-25/h16-17,19-20,23,30-31H,4-15H2,1-3H3. The fourth-order valence-electron chi connectivity index (χ4n) is 5.62. The number of halogens is 1. The Morgan fingerprint density at radius 1 is 1.39 bits per heavy atom. The maximum Gasteiger partial charge on any atom is 0.111 e. The second-order valence-electron chi connectivity index (χ2n) is 10.9. The van der Waals surface area contributed by atoms with Crippen LogP contribution in [-0.4, -0.2) is 88.4 Å². The lowest BCUT2D eigenvalue weighted by molar-refractivity contribution is -0.0628. The molecule has 0 radical (unpaired) electrons. The first-order chi connectivity index (χ1) is 15.7. The first-order valence-corrected chi connectivity index (χ1v) is 13.3. The van der Waals surface area contributed by atoms with E-state index < -0.39 is 18.0 Å². The predicted molar refractivity (Wildman–Crippen MR) is 129 cm³/mol. The summed E-state index contributed by atoms with van der Waals surface area (Å²) in [5.41, 5.74) is 4.44. The number of hydrogen-bond acceptors (Lipinski definition) is 7. The van der Waals surface area contributed by atoms with Crippen molar-refractivity contribution >= 4 is 11.3 Å². The van der Waals surface area contributed by atoms with Crippen LogP contribution in [0.15, 0.2) is 22.0 Å².